The van der Waals surface area contributed by atoms with Gasteiger partial charge in [-0.05, 0) is 26.8 Å². The number of nitrogens with zero attached hydrogens (tertiary/aromatic N) is 3. The van der Waals surface area contributed by atoms with Gasteiger partial charge in [-0.3, -0.25) is 0 Å². The lowest BCUT2D eigenvalue weighted by atomic mass is 10.4. The summed E-state index contributed by atoms with van der Waals surface area (Å²) in [5, 5.41) is 8.37. The van der Waals surface area contributed by atoms with E-state index >= 15 is 0 Å². The molecule has 1 aromatic heterocycles. The second-order valence-corrected chi connectivity index (χ2v) is 5.10. The molecule has 0 aliphatic heterocycles. The van der Waals surface area contributed by atoms with Crippen molar-refractivity contribution < 1.29 is 4.74 Å². The van der Waals surface area contributed by atoms with Crippen LogP contribution >= 0.6 is 11.8 Å². The third-order valence-corrected chi connectivity index (χ3v) is 3.17. The van der Waals surface area contributed by atoms with Gasteiger partial charge in [0.05, 0.1) is 6.10 Å². The van der Waals surface area contributed by atoms with Crippen LogP contribution in [0.25, 0.3) is 0 Å². The van der Waals surface area contributed by atoms with Crippen molar-refractivity contribution in [1.29, 1.82) is 0 Å². The molecule has 0 aliphatic rings. The summed E-state index contributed by atoms with van der Waals surface area (Å²) >= 11 is 1.72. The first-order valence-corrected chi connectivity index (χ1v) is 6.98. The molecule has 17 heavy (non-hydrogen) atoms. The van der Waals surface area contributed by atoms with Crippen LogP contribution in [-0.2, 0) is 11.8 Å². The van der Waals surface area contributed by atoms with E-state index in [4.69, 9.17) is 4.74 Å². The lowest BCUT2D eigenvalue weighted by molar-refractivity contribution is 0.0772. The second kappa shape index (κ2) is 8.49. The fraction of sp³-hybridized carbons (Fsp3) is 0.818. The Morgan fingerprint density at radius 2 is 2.29 bits per heavy atom. The first-order valence-electron chi connectivity index (χ1n) is 5.99. The predicted octanol–water partition coefficient (Wildman–Crippen LogP) is 1.31. The van der Waals surface area contributed by atoms with Crippen LogP contribution in [0.1, 0.15) is 20.3 Å². The molecular weight excluding hydrogens is 236 g/mol. The Labute approximate surface area is 107 Å². The summed E-state index contributed by atoms with van der Waals surface area (Å²) in [5.41, 5.74) is 0. The number of nitrogens with one attached hydrogen (secondary N) is 1. The van der Waals surface area contributed by atoms with E-state index < -0.39 is 0 Å². The number of thioether (sulfide) groups is 1. The highest BCUT2D eigenvalue weighted by Crippen LogP contribution is 2.11. The Bertz CT molecular complexity index is 303. The molecular formula is C11H22N4OS. The average Bonchev–Trinajstić information content (AvgIpc) is 2.68. The van der Waals surface area contributed by atoms with Crippen LogP contribution in [0.15, 0.2) is 11.5 Å². The summed E-state index contributed by atoms with van der Waals surface area (Å²) in [5.74, 6) is 1.01. The van der Waals surface area contributed by atoms with E-state index in [1.54, 1.807) is 22.8 Å². The van der Waals surface area contributed by atoms with Gasteiger partial charge in [0.25, 0.3) is 0 Å². The molecule has 1 rings (SSSR count). The van der Waals surface area contributed by atoms with Gasteiger partial charge in [0, 0.05) is 26.0 Å². The van der Waals surface area contributed by atoms with Crippen molar-refractivity contribution in [3.05, 3.63) is 6.33 Å². The number of aryl methyl sites for hydroxylation is 1. The molecule has 1 N–H and O–H groups in total. The molecule has 0 unspecified atom stereocenters. The lowest BCUT2D eigenvalue weighted by Crippen LogP contribution is -2.20. The number of hydrogen-bond donors (Lipinski definition) is 1. The third-order valence-electron chi connectivity index (χ3n) is 2.13. The van der Waals surface area contributed by atoms with Gasteiger partial charge in [-0.15, -0.1) is 0 Å². The minimum atomic E-state index is 0.335. The number of aromatic nitrogens is 3. The highest BCUT2D eigenvalue weighted by molar-refractivity contribution is 7.99. The number of ether oxygens (including phenoxy) is 1. The van der Waals surface area contributed by atoms with Crippen LogP contribution in [0.3, 0.4) is 0 Å². The Morgan fingerprint density at radius 3 is 2.94 bits per heavy atom. The van der Waals surface area contributed by atoms with Gasteiger partial charge in [0.1, 0.15) is 6.33 Å². The van der Waals surface area contributed by atoms with E-state index in [2.05, 4.69) is 29.2 Å². The zero-order chi connectivity index (χ0) is 12.5. The van der Waals surface area contributed by atoms with Crippen molar-refractivity contribution in [1.82, 2.24) is 20.1 Å². The summed E-state index contributed by atoms with van der Waals surface area (Å²) in [6.45, 7) is 6.95. The molecule has 6 heteroatoms. The smallest absolute Gasteiger partial charge is 0.185 e. The van der Waals surface area contributed by atoms with Crippen molar-refractivity contribution in [3.63, 3.8) is 0 Å². The highest BCUT2D eigenvalue weighted by atomic mass is 32.2. The van der Waals surface area contributed by atoms with Crippen LogP contribution in [0.4, 0.5) is 0 Å². The van der Waals surface area contributed by atoms with E-state index in [1.807, 2.05) is 7.05 Å². The average molecular weight is 258 g/mol. The van der Waals surface area contributed by atoms with Gasteiger partial charge in [-0.1, -0.05) is 11.8 Å². The molecule has 0 saturated carbocycles. The number of rotatable bonds is 9. The Morgan fingerprint density at radius 1 is 1.47 bits per heavy atom. The summed E-state index contributed by atoms with van der Waals surface area (Å²) in [6.07, 6.45) is 2.98. The Hall–Kier alpha value is -0.590. The first-order chi connectivity index (χ1) is 8.20. The maximum atomic E-state index is 5.46. The van der Waals surface area contributed by atoms with Crippen LogP contribution in [0.5, 0.6) is 0 Å². The topological polar surface area (TPSA) is 52.0 Å². The van der Waals surface area contributed by atoms with Crippen molar-refractivity contribution in [3.8, 4) is 0 Å². The fourth-order valence-corrected chi connectivity index (χ4v) is 2.06. The maximum absolute atomic E-state index is 5.46. The van der Waals surface area contributed by atoms with Crippen molar-refractivity contribution in [2.24, 2.45) is 7.05 Å². The summed E-state index contributed by atoms with van der Waals surface area (Å²) < 4.78 is 7.25. The Balaban J connectivity index is 1.90. The standard InChI is InChI=1S/C11H22N4OS/c1-10(2)16-7-4-5-12-6-8-17-11-13-9-14-15(11)3/h9-10,12H,4-8H2,1-3H3. The minimum Gasteiger partial charge on any atom is -0.379 e. The van der Waals surface area contributed by atoms with E-state index in [1.165, 1.54) is 0 Å². The quantitative estimate of drug-likeness (QED) is 0.535. The monoisotopic (exact) mass is 258 g/mol. The van der Waals surface area contributed by atoms with Gasteiger partial charge in [0.2, 0.25) is 0 Å². The second-order valence-electron chi connectivity index (χ2n) is 4.04. The van der Waals surface area contributed by atoms with Crippen molar-refractivity contribution in [2.75, 3.05) is 25.4 Å². The minimum absolute atomic E-state index is 0.335. The molecule has 0 saturated heterocycles. The van der Waals surface area contributed by atoms with Gasteiger partial charge < -0.3 is 10.1 Å². The van der Waals surface area contributed by atoms with E-state index in [9.17, 15) is 0 Å². The van der Waals surface area contributed by atoms with Gasteiger partial charge in [-0.2, -0.15) is 5.10 Å². The van der Waals surface area contributed by atoms with Crippen molar-refractivity contribution >= 4 is 11.8 Å². The molecule has 5 nitrogen and oxygen atoms in total. The lowest BCUT2D eigenvalue weighted by Gasteiger charge is -2.07. The summed E-state index contributed by atoms with van der Waals surface area (Å²) in [7, 11) is 1.91. The van der Waals surface area contributed by atoms with Gasteiger partial charge >= 0.3 is 0 Å². The van der Waals surface area contributed by atoms with Crippen molar-refractivity contribution in [2.45, 2.75) is 31.5 Å². The third kappa shape index (κ3) is 6.65. The molecule has 0 aromatic carbocycles. The van der Waals surface area contributed by atoms with Crippen LogP contribution < -0.4 is 5.32 Å². The molecule has 0 aliphatic carbocycles. The van der Waals surface area contributed by atoms with Gasteiger partial charge in [-0.25, -0.2) is 9.67 Å². The van der Waals surface area contributed by atoms with Crippen LogP contribution in [-0.4, -0.2) is 46.3 Å². The fourth-order valence-electron chi connectivity index (χ4n) is 1.27. The Kier molecular flexibility index (Phi) is 7.23. The molecule has 0 fully saturated rings. The van der Waals surface area contributed by atoms with Gasteiger partial charge in [0.15, 0.2) is 5.16 Å². The van der Waals surface area contributed by atoms with E-state index in [0.29, 0.717) is 6.10 Å². The molecule has 0 atom stereocenters. The molecule has 98 valence electrons. The normalized spacial score (nSPS) is 11.3. The molecule has 0 amide bonds. The molecule has 0 bridgehead atoms. The predicted molar refractivity (Wildman–Crippen MR) is 70.3 cm³/mol. The zero-order valence-corrected chi connectivity index (χ0v) is 11.7. The number of hydrogen-bond acceptors (Lipinski definition) is 5. The molecule has 1 aromatic rings. The largest absolute Gasteiger partial charge is 0.379 e. The SMILES string of the molecule is CC(C)OCCCNCCSc1ncnn1C. The van der Waals surface area contributed by atoms with E-state index in [-0.39, 0.29) is 0 Å². The van der Waals surface area contributed by atoms with E-state index in [0.717, 1.165) is 37.0 Å². The molecule has 1 heterocycles. The zero-order valence-electron chi connectivity index (χ0n) is 10.8. The highest BCUT2D eigenvalue weighted by Gasteiger charge is 1.99. The molecule has 0 radical (unpaired) electrons. The summed E-state index contributed by atoms with van der Waals surface area (Å²) in [4.78, 5) is 4.15. The van der Waals surface area contributed by atoms with Crippen LogP contribution in [0, 0.1) is 0 Å². The summed E-state index contributed by atoms with van der Waals surface area (Å²) in [6, 6.07) is 0. The maximum Gasteiger partial charge on any atom is 0.185 e. The first kappa shape index (κ1) is 14.5. The van der Waals surface area contributed by atoms with Crippen LogP contribution in [0.2, 0.25) is 0 Å². The molecule has 0 spiro atoms.